The lowest BCUT2D eigenvalue weighted by molar-refractivity contribution is -0.137. The number of likely N-dealkylation sites (tertiary alicyclic amines) is 1. The summed E-state index contributed by atoms with van der Waals surface area (Å²) in [5.41, 5.74) is 4.98. The summed E-state index contributed by atoms with van der Waals surface area (Å²) in [5.74, 6) is -0.702. The fraction of sp³-hybridized carbons (Fsp3) is 0.857. The van der Waals surface area contributed by atoms with Crippen LogP contribution in [-0.4, -0.2) is 59.6 Å². The number of hydrogen-bond donors (Lipinski definition) is 2. The Kier molecular flexibility index (Phi) is 10.8. The molecule has 0 aromatic carbocycles. The lowest BCUT2D eigenvalue weighted by Gasteiger charge is -2.19. The number of primary amides is 1. The molecular weight excluding hydrogens is 258 g/mol. The van der Waals surface area contributed by atoms with Gasteiger partial charge in [0.2, 0.25) is 0 Å². The summed E-state index contributed by atoms with van der Waals surface area (Å²) in [4.78, 5) is 24.5. The number of aliphatic carboxylic acids is 1. The minimum atomic E-state index is -0.702. The maximum atomic E-state index is 10.3. The smallest absolute Gasteiger partial charge is 0.314 e. The number of urea groups is 1. The standard InChI is InChI=1S/C9H19NO2.C5H10N2O/c1-3-6-10(7-4-2)8-5-9(11)12;6-5(8)7-3-1-2-4-7/h3-8H2,1-2H3,(H,11,12);1-4H2,(H2,6,8). The highest BCUT2D eigenvalue weighted by Gasteiger charge is 2.13. The molecule has 1 heterocycles. The minimum Gasteiger partial charge on any atom is -0.481 e. The molecule has 6 heteroatoms. The van der Waals surface area contributed by atoms with Crippen molar-refractivity contribution in [2.24, 2.45) is 5.73 Å². The van der Waals surface area contributed by atoms with Gasteiger partial charge in [-0.3, -0.25) is 4.79 Å². The summed E-state index contributed by atoms with van der Waals surface area (Å²) in [6.45, 7) is 8.66. The van der Waals surface area contributed by atoms with Crippen LogP contribution in [0.1, 0.15) is 46.0 Å². The van der Waals surface area contributed by atoms with E-state index in [1.165, 1.54) is 0 Å². The van der Waals surface area contributed by atoms with Gasteiger partial charge in [0.25, 0.3) is 0 Å². The second-order valence-corrected chi connectivity index (χ2v) is 5.02. The summed E-state index contributed by atoms with van der Waals surface area (Å²) in [6.07, 6.45) is 4.69. The predicted octanol–water partition coefficient (Wildman–Crippen LogP) is 1.74. The number of carboxylic acid groups (broad SMARTS) is 1. The fourth-order valence-corrected chi connectivity index (χ4v) is 2.16. The topological polar surface area (TPSA) is 86.9 Å². The Morgan fingerprint density at radius 3 is 1.90 bits per heavy atom. The first-order valence-corrected chi connectivity index (χ1v) is 7.49. The van der Waals surface area contributed by atoms with E-state index in [4.69, 9.17) is 10.8 Å². The molecule has 118 valence electrons. The number of carbonyl (C=O) groups is 2. The Morgan fingerprint density at radius 1 is 1.10 bits per heavy atom. The third-order valence-corrected chi connectivity index (χ3v) is 3.14. The number of amides is 2. The molecule has 20 heavy (non-hydrogen) atoms. The molecule has 2 amide bonds. The van der Waals surface area contributed by atoms with Gasteiger partial charge in [-0.1, -0.05) is 13.8 Å². The average molecular weight is 287 g/mol. The van der Waals surface area contributed by atoms with Gasteiger partial charge in [0.15, 0.2) is 0 Å². The van der Waals surface area contributed by atoms with Crippen LogP contribution >= 0.6 is 0 Å². The Balaban J connectivity index is 0.000000388. The lowest BCUT2D eigenvalue weighted by atomic mass is 10.3. The van der Waals surface area contributed by atoms with Crippen LogP contribution in [0.25, 0.3) is 0 Å². The minimum absolute atomic E-state index is 0.264. The molecule has 1 saturated heterocycles. The number of rotatable bonds is 7. The van der Waals surface area contributed by atoms with Crippen LogP contribution in [0, 0.1) is 0 Å². The third kappa shape index (κ3) is 9.61. The molecule has 0 atom stereocenters. The number of hydrogen-bond acceptors (Lipinski definition) is 3. The third-order valence-electron chi connectivity index (χ3n) is 3.14. The normalized spacial score (nSPS) is 14.1. The first kappa shape index (κ1) is 18.7. The van der Waals surface area contributed by atoms with Crippen molar-refractivity contribution in [2.45, 2.75) is 46.0 Å². The zero-order chi connectivity index (χ0) is 15.4. The molecule has 1 fully saturated rings. The van der Waals surface area contributed by atoms with Gasteiger partial charge in [-0.25, -0.2) is 4.79 Å². The van der Waals surface area contributed by atoms with E-state index in [-0.39, 0.29) is 12.5 Å². The van der Waals surface area contributed by atoms with E-state index in [2.05, 4.69) is 18.7 Å². The van der Waals surface area contributed by atoms with E-state index < -0.39 is 5.97 Å². The van der Waals surface area contributed by atoms with Crippen LogP contribution in [0.4, 0.5) is 4.79 Å². The quantitative estimate of drug-likeness (QED) is 0.746. The van der Waals surface area contributed by atoms with Gasteiger partial charge in [-0.05, 0) is 38.8 Å². The highest BCUT2D eigenvalue weighted by Crippen LogP contribution is 2.05. The Bertz CT molecular complexity index is 273. The van der Waals surface area contributed by atoms with Crippen LogP contribution in [0.2, 0.25) is 0 Å². The first-order valence-electron chi connectivity index (χ1n) is 7.49. The summed E-state index contributed by atoms with van der Waals surface area (Å²) in [5, 5.41) is 8.47. The van der Waals surface area contributed by atoms with Crippen LogP contribution in [0.15, 0.2) is 0 Å². The lowest BCUT2D eigenvalue weighted by Crippen LogP contribution is -2.32. The second-order valence-electron chi connectivity index (χ2n) is 5.02. The molecule has 0 aromatic rings. The maximum Gasteiger partial charge on any atom is 0.314 e. The number of nitrogens with zero attached hydrogens (tertiary/aromatic N) is 2. The summed E-state index contributed by atoms with van der Waals surface area (Å²) in [6, 6.07) is -0.275. The van der Waals surface area contributed by atoms with Crippen molar-refractivity contribution < 1.29 is 14.7 Å². The maximum absolute atomic E-state index is 10.3. The van der Waals surface area contributed by atoms with E-state index in [0.717, 1.165) is 51.9 Å². The zero-order valence-electron chi connectivity index (χ0n) is 12.8. The van der Waals surface area contributed by atoms with Crippen molar-refractivity contribution in [1.82, 2.24) is 9.80 Å². The molecule has 6 nitrogen and oxygen atoms in total. The largest absolute Gasteiger partial charge is 0.481 e. The van der Waals surface area contributed by atoms with Gasteiger partial charge in [-0.2, -0.15) is 0 Å². The van der Waals surface area contributed by atoms with E-state index in [0.29, 0.717) is 6.54 Å². The van der Waals surface area contributed by atoms with Crippen LogP contribution in [-0.2, 0) is 4.79 Å². The van der Waals surface area contributed by atoms with Gasteiger partial charge in [0, 0.05) is 19.6 Å². The average Bonchev–Trinajstić information content (AvgIpc) is 2.91. The van der Waals surface area contributed by atoms with Crippen molar-refractivity contribution in [1.29, 1.82) is 0 Å². The fourth-order valence-electron chi connectivity index (χ4n) is 2.16. The predicted molar refractivity (Wildman–Crippen MR) is 79.7 cm³/mol. The summed E-state index contributed by atoms with van der Waals surface area (Å²) >= 11 is 0. The zero-order valence-corrected chi connectivity index (χ0v) is 12.8. The van der Waals surface area contributed by atoms with Crippen LogP contribution in [0.3, 0.4) is 0 Å². The van der Waals surface area contributed by atoms with Crippen molar-refractivity contribution in [3.05, 3.63) is 0 Å². The highest BCUT2D eigenvalue weighted by molar-refractivity contribution is 5.72. The molecule has 1 rings (SSSR count). The second kappa shape index (κ2) is 11.5. The van der Waals surface area contributed by atoms with E-state index >= 15 is 0 Å². The number of carboxylic acids is 1. The molecule has 0 unspecified atom stereocenters. The van der Waals surface area contributed by atoms with Gasteiger partial charge in [-0.15, -0.1) is 0 Å². The number of nitrogens with two attached hydrogens (primary N) is 1. The molecule has 1 aliphatic rings. The van der Waals surface area contributed by atoms with Crippen molar-refractivity contribution >= 4 is 12.0 Å². The molecule has 0 aromatic heterocycles. The Hall–Kier alpha value is -1.30. The van der Waals surface area contributed by atoms with Crippen molar-refractivity contribution in [3.8, 4) is 0 Å². The van der Waals surface area contributed by atoms with E-state index in [1.54, 1.807) is 4.90 Å². The van der Waals surface area contributed by atoms with Gasteiger partial charge in [0.05, 0.1) is 6.42 Å². The molecule has 0 radical (unpaired) electrons. The molecule has 3 N–H and O–H groups in total. The van der Waals surface area contributed by atoms with Crippen LogP contribution in [0.5, 0.6) is 0 Å². The van der Waals surface area contributed by atoms with Gasteiger partial charge >= 0.3 is 12.0 Å². The monoisotopic (exact) mass is 287 g/mol. The van der Waals surface area contributed by atoms with Gasteiger partial charge < -0.3 is 20.6 Å². The SMILES string of the molecule is CCCN(CCC)CCC(=O)O.NC(=O)N1CCCC1. The van der Waals surface area contributed by atoms with Crippen LogP contribution < -0.4 is 5.73 Å². The molecule has 0 saturated carbocycles. The van der Waals surface area contributed by atoms with Crippen molar-refractivity contribution in [3.63, 3.8) is 0 Å². The molecule has 1 aliphatic heterocycles. The molecule has 0 bridgehead atoms. The van der Waals surface area contributed by atoms with Gasteiger partial charge in [0.1, 0.15) is 0 Å². The highest BCUT2D eigenvalue weighted by atomic mass is 16.4. The Labute approximate surface area is 121 Å². The summed E-state index contributed by atoms with van der Waals surface area (Å²) < 4.78 is 0. The summed E-state index contributed by atoms with van der Waals surface area (Å²) in [7, 11) is 0. The van der Waals surface area contributed by atoms with E-state index in [1.807, 2.05) is 0 Å². The molecule has 0 spiro atoms. The first-order chi connectivity index (χ1) is 9.51. The Morgan fingerprint density at radius 2 is 1.60 bits per heavy atom. The molecular formula is C14H29N3O3. The van der Waals surface area contributed by atoms with Crippen molar-refractivity contribution in [2.75, 3.05) is 32.7 Å². The number of carbonyl (C=O) groups excluding carboxylic acids is 1. The molecule has 0 aliphatic carbocycles. The van der Waals surface area contributed by atoms with E-state index in [9.17, 15) is 9.59 Å².